The summed E-state index contributed by atoms with van der Waals surface area (Å²) >= 11 is 0. The summed E-state index contributed by atoms with van der Waals surface area (Å²) in [5, 5.41) is 0. The van der Waals surface area contributed by atoms with E-state index in [9.17, 15) is 0 Å². The molecule has 0 amide bonds. The minimum absolute atomic E-state index is 0.910. The predicted molar refractivity (Wildman–Crippen MR) is 96.1 cm³/mol. The van der Waals surface area contributed by atoms with Crippen molar-refractivity contribution in [3.8, 4) is 0 Å². The second-order valence-electron chi connectivity index (χ2n) is 6.14. The molecule has 21 heavy (non-hydrogen) atoms. The largest absolute Gasteiger partial charge is 0.394 e. The Balaban J connectivity index is 3.78. The molecular formula is C18H40O2Si. The monoisotopic (exact) mass is 316 g/mol. The lowest BCUT2D eigenvalue weighted by molar-refractivity contribution is 0.163. The van der Waals surface area contributed by atoms with Gasteiger partial charge in [-0.3, -0.25) is 0 Å². The first-order chi connectivity index (χ1) is 10.2. The van der Waals surface area contributed by atoms with Crippen LogP contribution in [-0.2, 0) is 8.85 Å². The van der Waals surface area contributed by atoms with Crippen molar-refractivity contribution in [2.24, 2.45) is 0 Å². The molecule has 2 nitrogen and oxygen atoms in total. The summed E-state index contributed by atoms with van der Waals surface area (Å²) in [7, 11) is -1.88. The van der Waals surface area contributed by atoms with E-state index in [1.165, 1.54) is 64.2 Å². The van der Waals surface area contributed by atoms with Gasteiger partial charge in [-0.25, -0.2) is 0 Å². The van der Waals surface area contributed by atoms with E-state index in [2.05, 4.69) is 27.7 Å². The standard InChI is InChI=1S/C18H40O2Si/c1-5-9-11-13-15-17-19-21(7-3,8-4)20-18-16-14-12-10-6-2/h5-18H2,1-4H3. The van der Waals surface area contributed by atoms with Gasteiger partial charge in [-0.05, 0) is 24.9 Å². The Bertz CT molecular complexity index is 187. The van der Waals surface area contributed by atoms with Crippen LogP contribution in [0.15, 0.2) is 0 Å². The fourth-order valence-electron chi connectivity index (χ4n) is 2.63. The molecule has 0 radical (unpaired) electrons. The lowest BCUT2D eigenvalue weighted by Crippen LogP contribution is -2.41. The van der Waals surface area contributed by atoms with Crippen molar-refractivity contribution in [1.29, 1.82) is 0 Å². The normalized spacial score (nSPS) is 12.0. The van der Waals surface area contributed by atoms with Crippen molar-refractivity contribution in [3.05, 3.63) is 0 Å². The molecule has 0 aromatic rings. The maximum atomic E-state index is 6.25. The molecule has 0 saturated carbocycles. The molecule has 0 N–H and O–H groups in total. The Hall–Kier alpha value is 0.137. The van der Waals surface area contributed by atoms with Gasteiger partial charge in [0.1, 0.15) is 0 Å². The van der Waals surface area contributed by atoms with Gasteiger partial charge in [0.15, 0.2) is 0 Å². The molecule has 0 aliphatic carbocycles. The fraction of sp³-hybridized carbons (Fsp3) is 1.00. The summed E-state index contributed by atoms with van der Waals surface area (Å²) in [5.74, 6) is 0. The Labute approximate surface area is 135 Å². The summed E-state index contributed by atoms with van der Waals surface area (Å²) in [6, 6.07) is 2.18. The first kappa shape index (κ1) is 21.1. The van der Waals surface area contributed by atoms with Gasteiger partial charge in [0.2, 0.25) is 0 Å². The molecule has 0 fully saturated rings. The first-order valence-corrected chi connectivity index (χ1v) is 11.8. The highest BCUT2D eigenvalue weighted by molar-refractivity contribution is 6.67. The fourth-order valence-corrected chi connectivity index (χ4v) is 5.06. The lowest BCUT2D eigenvalue weighted by Gasteiger charge is -2.29. The highest BCUT2D eigenvalue weighted by Crippen LogP contribution is 2.20. The number of hydrogen-bond donors (Lipinski definition) is 0. The van der Waals surface area contributed by atoms with Gasteiger partial charge in [0.25, 0.3) is 0 Å². The molecule has 3 heteroatoms. The van der Waals surface area contributed by atoms with Crippen molar-refractivity contribution in [1.82, 2.24) is 0 Å². The maximum absolute atomic E-state index is 6.25. The highest BCUT2D eigenvalue weighted by Gasteiger charge is 2.33. The highest BCUT2D eigenvalue weighted by atomic mass is 28.4. The van der Waals surface area contributed by atoms with E-state index in [1.54, 1.807) is 0 Å². The zero-order valence-electron chi connectivity index (χ0n) is 15.2. The summed E-state index contributed by atoms with van der Waals surface area (Å²) in [4.78, 5) is 0. The molecule has 0 spiro atoms. The second kappa shape index (κ2) is 15.0. The second-order valence-corrected chi connectivity index (χ2v) is 9.96. The SMILES string of the molecule is CCCCCCCO[Si](CC)(CC)OCCCCCCC. The van der Waals surface area contributed by atoms with Crippen LogP contribution in [0.2, 0.25) is 12.1 Å². The number of unbranched alkanes of at least 4 members (excludes halogenated alkanes) is 8. The third-order valence-electron chi connectivity index (χ3n) is 4.30. The molecule has 0 aliphatic heterocycles. The third-order valence-corrected chi connectivity index (χ3v) is 7.92. The molecule has 0 aromatic carbocycles. The van der Waals surface area contributed by atoms with E-state index in [0.717, 1.165) is 25.3 Å². The molecule has 0 aromatic heterocycles. The van der Waals surface area contributed by atoms with Gasteiger partial charge in [-0.15, -0.1) is 0 Å². The van der Waals surface area contributed by atoms with Gasteiger partial charge >= 0.3 is 8.56 Å². The molecule has 0 rings (SSSR count). The van der Waals surface area contributed by atoms with E-state index >= 15 is 0 Å². The minimum Gasteiger partial charge on any atom is -0.394 e. The Morgan fingerprint density at radius 1 is 0.524 bits per heavy atom. The smallest absolute Gasteiger partial charge is 0.337 e. The van der Waals surface area contributed by atoms with Gasteiger partial charge in [0, 0.05) is 13.2 Å². The molecule has 0 atom stereocenters. The van der Waals surface area contributed by atoms with E-state index in [0.29, 0.717) is 0 Å². The van der Waals surface area contributed by atoms with Crippen LogP contribution in [0, 0.1) is 0 Å². The summed E-state index contributed by atoms with van der Waals surface area (Å²) in [6.45, 7) is 10.8. The molecule has 128 valence electrons. The van der Waals surface area contributed by atoms with Crippen LogP contribution >= 0.6 is 0 Å². The van der Waals surface area contributed by atoms with Crippen LogP contribution in [0.25, 0.3) is 0 Å². The van der Waals surface area contributed by atoms with Crippen LogP contribution in [0.3, 0.4) is 0 Å². The summed E-state index contributed by atoms with van der Waals surface area (Å²) in [6.07, 6.45) is 13.1. The van der Waals surface area contributed by atoms with Crippen molar-refractivity contribution in [3.63, 3.8) is 0 Å². The number of hydrogen-bond acceptors (Lipinski definition) is 2. The average molecular weight is 317 g/mol. The first-order valence-electron chi connectivity index (χ1n) is 9.52. The van der Waals surface area contributed by atoms with Gasteiger partial charge in [-0.2, -0.15) is 0 Å². The van der Waals surface area contributed by atoms with Crippen LogP contribution in [-0.4, -0.2) is 21.8 Å². The Morgan fingerprint density at radius 3 is 1.24 bits per heavy atom. The van der Waals surface area contributed by atoms with Crippen molar-refractivity contribution >= 4 is 8.56 Å². The van der Waals surface area contributed by atoms with Crippen molar-refractivity contribution in [2.75, 3.05) is 13.2 Å². The van der Waals surface area contributed by atoms with Crippen molar-refractivity contribution < 1.29 is 8.85 Å². The summed E-state index contributed by atoms with van der Waals surface area (Å²) in [5.41, 5.74) is 0. The Morgan fingerprint density at radius 2 is 0.905 bits per heavy atom. The minimum atomic E-state index is -1.88. The molecule has 0 aliphatic rings. The third kappa shape index (κ3) is 11.4. The van der Waals surface area contributed by atoms with Crippen LogP contribution in [0.1, 0.15) is 91.9 Å². The molecule has 0 saturated heterocycles. The molecule has 0 bridgehead atoms. The molecule has 0 unspecified atom stereocenters. The average Bonchev–Trinajstić information content (AvgIpc) is 2.52. The van der Waals surface area contributed by atoms with Crippen LogP contribution in [0.4, 0.5) is 0 Å². The van der Waals surface area contributed by atoms with E-state index in [4.69, 9.17) is 8.85 Å². The molecule has 0 heterocycles. The van der Waals surface area contributed by atoms with E-state index in [-0.39, 0.29) is 0 Å². The van der Waals surface area contributed by atoms with Gasteiger partial charge < -0.3 is 8.85 Å². The topological polar surface area (TPSA) is 18.5 Å². The van der Waals surface area contributed by atoms with Gasteiger partial charge in [0.05, 0.1) is 0 Å². The van der Waals surface area contributed by atoms with Crippen LogP contribution < -0.4 is 0 Å². The Kier molecular flexibility index (Phi) is 15.1. The maximum Gasteiger partial charge on any atom is 0.337 e. The molecular weight excluding hydrogens is 276 g/mol. The van der Waals surface area contributed by atoms with Crippen molar-refractivity contribution in [2.45, 2.75) is 104 Å². The quantitative estimate of drug-likeness (QED) is 0.241. The van der Waals surface area contributed by atoms with E-state index < -0.39 is 8.56 Å². The van der Waals surface area contributed by atoms with Crippen LogP contribution in [0.5, 0.6) is 0 Å². The zero-order valence-corrected chi connectivity index (χ0v) is 16.2. The predicted octanol–water partition coefficient (Wildman–Crippen LogP) is 6.44. The summed E-state index contributed by atoms with van der Waals surface area (Å²) < 4.78 is 12.5. The number of rotatable bonds is 16. The van der Waals surface area contributed by atoms with Gasteiger partial charge in [-0.1, -0.05) is 79.1 Å². The zero-order chi connectivity index (χ0) is 15.8. The van der Waals surface area contributed by atoms with E-state index in [1.807, 2.05) is 0 Å². The lowest BCUT2D eigenvalue weighted by atomic mass is 10.2.